The van der Waals surface area contributed by atoms with E-state index in [1.807, 2.05) is 42.5 Å². The molecular weight excluding hydrogens is 444 g/mol. The highest BCUT2D eigenvalue weighted by Crippen LogP contribution is 2.40. The zero-order valence-corrected chi connectivity index (χ0v) is 20.0. The van der Waals surface area contributed by atoms with E-state index in [4.69, 9.17) is 18.6 Å². The van der Waals surface area contributed by atoms with Gasteiger partial charge in [-0.25, -0.2) is 4.98 Å². The molecule has 4 rings (SSSR count). The lowest BCUT2D eigenvalue weighted by Crippen LogP contribution is -2.07. The number of aryl methyl sites for hydroxylation is 1. The van der Waals surface area contributed by atoms with Crippen LogP contribution in [0.15, 0.2) is 77.6 Å². The van der Waals surface area contributed by atoms with Crippen molar-refractivity contribution in [2.75, 3.05) is 26.6 Å². The van der Waals surface area contributed by atoms with Crippen molar-refractivity contribution in [3.63, 3.8) is 0 Å². The molecule has 0 spiro atoms. The fourth-order valence-electron chi connectivity index (χ4n) is 3.77. The second-order valence-corrected chi connectivity index (χ2v) is 7.69. The summed E-state index contributed by atoms with van der Waals surface area (Å²) in [5.74, 6) is 1.81. The molecule has 178 valence electrons. The first-order valence-corrected chi connectivity index (χ1v) is 10.9. The highest BCUT2D eigenvalue weighted by molar-refractivity contribution is 6.02. The molecule has 7 heteroatoms. The lowest BCUT2D eigenvalue weighted by atomic mass is 9.98. The van der Waals surface area contributed by atoms with Gasteiger partial charge in [0.2, 0.25) is 17.5 Å². The predicted octanol–water partition coefficient (Wildman–Crippen LogP) is 5.99. The van der Waals surface area contributed by atoms with Crippen LogP contribution in [-0.2, 0) is 4.79 Å². The number of carbonyl (C=O) groups is 1. The third-order valence-corrected chi connectivity index (χ3v) is 5.53. The number of hydrogen-bond donors (Lipinski definition) is 1. The maximum atomic E-state index is 12.5. The normalized spacial score (nSPS) is 10.9. The van der Waals surface area contributed by atoms with Gasteiger partial charge in [0.1, 0.15) is 6.26 Å². The molecule has 0 saturated heterocycles. The van der Waals surface area contributed by atoms with Crippen LogP contribution in [0.25, 0.3) is 28.7 Å². The number of methoxy groups -OCH3 is 3. The summed E-state index contributed by atoms with van der Waals surface area (Å²) in [6.07, 6.45) is 6.30. The van der Waals surface area contributed by atoms with Gasteiger partial charge >= 0.3 is 0 Å². The third-order valence-electron chi connectivity index (χ3n) is 5.53. The van der Waals surface area contributed by atoms with Crippen molar-refractivity contribution in [3.8, 4) is 39.8 Å². The molecule has 0 fully saturated rings. The molecule has 1 heterocycles. The second-order valence-electron chi connectivity index (χ2n) is 7.69. The molecule has 0 aliphatic rings. The number of ether oxygens (including phenoxy) is 3. The zero-order chi connectivity index (χ0) is 24.8. The summed E-state index contributed by atoms with van der Waals surface area (Å²) in [5.41, 5.74) is 5.51. The Balaban J connectivity index is 1.49. The number of benzene rings is 3. The Labute approximate surface area is 204 Å². The minimum atomic E-state index is -0.267. The number of nitrogens with zero attached hydrogens (tertiary/aromatic N) is 1. The fourth-order valence-corrected chi connectivity index (χ4v) is 3.77. The molecule has 0 unspecified atom stereocenters. The van der Waals surface area contributed by atoms with Crippen LogP contribution in [0.2, 0.25) is 0 Å². The van der Waals surface area contributed by atoms with Gasteiger partial charge in [0.25, 0.3) is 0 Å². The number of rotatable bonds is 8. The van der Waals surface area contributed by atoms with E-state index in [9.17, 15) is 4.79 Å². The summed E-state index contributed by atoms with van der Waals surface area (Å²) < 4.78 is 21.6. The van der Waals surface area contributed by atoms with Gasteiger partial charge in [-0.2, -0.15) is 0 Å². The Morgan fingerprint density at radius 3 is 2.31 bits per heavy atom. The van der Waals surface area contributed by atoms with Gasteiger partial charge in [0.05, 0.1) is 27.5 Å². The van der Waals surface area contributed by atoms with Crippen molar-refractivity contribution < 1.29 is 23.4 Å². The van der Waals surface area contributed by atoms with Crippen molar-refractivity contribution in [2.24, 2.45) is 0 Å². The van der Waals surface area contributed by atoms with Gasteiger partial charge in [0, 0.05) is 22.9 Å². The number of hydrogen-bond acceptors (Lipinski definition) is 6. The predicted molar refractivity (Wildman–Crippen MR) is 136 cm³/mol. The molecule has 0 aliphatic carbocycles. The Hall–Kier alpha value is -4.52. The SMILES string of the molecule is COc1ccc(/C=C/C(=O)Nc2ccc(-c3cc(-c4ncco4)ccc3C)cc2)c(OC)c1OC. The van der Waals surface area contributed by atoms with Crippen molar-refractivity contribution >= 4 is 17.7 Å². The number of carbonyl (C=O) groups excluding carboxylic acids is 1. The monoisotopic (exact) mass is 470 g/mol. The first-order chi connectivity index (χ1) is 17.0. The van der Waals surface area contributed by atoms with E-state index in [0.717, 1.165) is 22.3 Å². The van der Waals surface area contributed by atoms with Gasteiger partial charge in [-0.3, -0.25) is 4.79 Å². The minimum Gasteiger partial charge on any atom is -0.493 e. The average Bonchev–Trinajstić information content (AvgIpc) is 3.42. The molecule has 3 aromatic carbocycles. The van der Waals surface area contributed by atoms with Crippen LogP contribution in [-0.4, -0.2) is 32.2 Å². The number of oxazole rings is 1. The van der Waals surface area contributed by atoms with Gasteiger partial charge < -0.3 is 23.9 Å². The molecular formula is C28H26N2O5. The van der Waals surface area contributed by atoms with E-state index < -0.39 is 0 Å². The lowest BCUT2D eigenvalue weighted by Gasteiger charge is -2.14. The van der Waals surface area contributed by atoms with Gasteiger partial charge in [-0.05, 0) is 66.1 Å². The molecule has 0 aliphatic heterocycles. The number of anilines is 1. The second kappa shape index (κ2) is 10.6. The van der Waals surface area contributed by atoms with E-state index in [1.165, 1.54) is 13.2 Å². The summed E-state index contributed by atoms with van der Waals surface area (Å²) in [5, 5.41) is 2.88. The molecule has 35 heavy (non-hydrogen) atoms. The fraction of sp³-hybridized carbons (Fsp3) is 0.143. The molecule has 0 radical (unpaired) electrons. The van der Waals surface area contributed by atoms with E-state index in [0.29, 0.717) is 34.4 Å². The smallest absolute Gasteiger partial charge is 0.248 e. The van der Waals surface area contributed by atoms with Gasteiger partial charge in [-0.15, -0.1) is 0 Å². The maximum absolute atomic E-state index is 12.5. The Morgan fingerprint density at radius 2 is 1.66 bits per heavy atom. The zero-order valence-electron chi connectivity index (χ0n) is 20.0. The van der Waals surface area contributed by atoms with Crippen LogP contribution in [0.4, 0.5) is 5.69 Å². The number of aromatic nitrogens is 1. The molecule has 1 N–H and O–H groups in total. The number of amides is 1. The summed E-state index contributed by atoms with van der Waals surface area (Å²) in [6.45, 7) is 2.05. The van der Waals surface area contributed by atoms with Crippen LogP contribution in [0.5, 0.6) is 17.2 Å². The van der Waals surface area contributed by atoms with Crippen LogP contribution in [0.1, 0.15) is 11.1 Å². The first kappa shape index (κ1) is 23.6. The molecule has 1 aromatic heterocycles. The van der Waals surface area contributed by atoms with Crippen molar-refractivity contribution in [3.05, 3.63) is 84.3 Å². The maximum Gasteiger partial charge on any atom is 0.248 e. The molecule has 0 saturated carbocycles. The third kappa shape index (κ3) is 5.19. The summed E-state index contributed by atoms with van der Waals surface area (Å²) in [6, 6.07) is 17.3. The first-order valence-electron chi connectivity index (χ1n) is 10.9. The Morgan fingerprint density at radius 1 is 0.914 bits per heavy atom. The van der Waals surface area contributed by atoms with Crippen LogP contribution in [0.3, 0.4) is 0 Å². The Kier molecular flexibility index (Phi) is 7.16. The highest BCUT2D eigenvalue weighted by atomic mass is 16.5. The Bertz CT molecular complexity index is 1340. The lowest BCUT2D eigenvalue weighted by molar-refractivity contribution is -0.111. The van der Waals surface area contributed by atoms with Crippen molar-refractivity contribution in [1.82, 2.24) is 4.98 Å². The average molecular weight is 471 g/mol. The number of nitrogens with one attached hydrogen (secondary N) is 1. The highest BCUT2D eigenvalue weighted by Gasteiger charge is 2.14. The van der Waals surface area contributed by atoms with Crippen molar-refractivity contribution in [2.45, 2.75) is 6.92 Å². The topological polar surface area (TPSA) is 82.8 Å². The molecule has 0 atom stereocenters. The summed E-state index contributed by atoms with van der Waals surface area (Å²) in [7, 11) is 4.63. The quantitative estimate of drug-likeness (QED) is 0.318. The van der Waals surface area contributed by atoms with E-state index in [-0.39, 0.29) is 5.91 Å². The summed E-state index contributed by atoms with van der Waals surface area (Å²) in [4.78, 5) is 16.8. The van der Waals surface area contributed by atoms with Crippen LogP contribution >= 0.6 is 0 Å². The molecule has 0 bridgehead atoms. The molecule has 1 amide bonds. The largest absolute Gasteiger partial charge is 0.493 e. The molecule has 4 aromatic rings. The van der Waals surface area contributed by atoms with Crippen molar-refractivity contribution in [1.29, 1.82) is 0 Å². The van der Waals surface area contributed by atoms with E-state index in [2.05, 4.69) is 17.2 Å². The van der Waals surface area contributed by atoms with E-state index in [1.54, 1.807) is 44.9 Å². The standard InChI is InChI=1S/C28H26N2O5/c1-18-5-6-21(28-29-15-16-35-28)17-23(18)19-7-11-22(12-8-19)30-25(31)14-10-20-9-13-24(32-2)27(34-4)26(20)33-3/h5-17H,1-4H3,(H,30,31)/b14-10+. The summed E-state index contributed by atoms with van der Waals surface area (Å²) >= 11 is 0. The minimum absolute atomic E-state index is 0.267. The molecule has 7 nitrogen and oxygen atoms in total. The van der Waals surface area contributed by atoms with E-state index >= 15 is 0 Å². The van der Waals surface area contributed by atoms with Crippen LogP contribution < -0.4 is 19.5 Å². The van der Waals surface area contributed by atoms with Gasteiger partial charge in [0.15, 0.2) is 11.5 Å². The van der Waals surface area contributed by atoms with Gasteiger partial charge in [-0.1, -0.05) is 18.2 Å². The van der Waals surface area contributed by atoms with Crippen LogP contribution in [0, 0.1) is 6.92 Å².